The van der Waals surface area contributed by atoms with Crippen molar-refractivity contribution in [1.82, 2.24) is 0 Å². The second-order valence-electron chi connectivity index (χ2n) is 22.0. The van der Waals surface area contributed by atoms with E-state index in [0.717, 1.165) is 0 Å². The third kappa shape index (κ3) is 9.91. The van der Waals surface area contributed by atoms with Crippen LogP contribution in [0.15, 0.2) is 34.0 Å². The van der Waals surface area contributed by atoms with Crippen LogP contribution in [0.25, 0.3) is 0 Å². The molecular formula is C45H72EuO15. The average molecular weight is 1010 g/mol. The molecule has 16 heteroatoms. The average Bonchev–Trinajstić information content (AvgIpc) is 3.51. The first kappa shape index (κ1) is 58.0. The summed E-state index contributed by atoms with van der Waals surface area (Å²) in [5.74, 6) is -8.92. The summed E-state index contributed by atoms with van der Waals surface area (Å²) in [6, 6.07) is 0. The zero-order chi connectivity index (χ0) is 48.3. The number of rotatable bonds is 6. The van der Waals surface area contributed by atoms with Crippen molar-refractivity contribution in [2.24, 2.45) is 66.5 Å². The first-order valence-corrected chi connectivity index (χ1v) is 20.0. The first-order chi connectivity index (χ1) is 26.3. The van der Waals surface area contributed by atoms with Crippen LogP contribution in [-0.4, -0.2) is 81.8 Å². The maximum Gasteiger partial charge on any atom is 0.314 e. The normalized spacial score (nSPS) is 31.5. The van der Waals surface area contributed by atoms with Crippen LogP contribution in [0.2, 0.25) is 0 Å². The molecule has 3 aliphatic rings. The molecule has 0 bridgehead atoms. The zero-order valence-corrected chi connectivity index (χ0v) is 41.6. The van der Waals surface area contributed by atoms with E-state index in [9.17, 15) is 74.7 Å². The van der Waals surface area contributed by atoms with E-state index in [1.165, 1.54) is 20.8 Å². The Kier molecular flexibility index (Phi) is 17.4. The van der Waals surface area contributed by atoms with Gasteiger partial charge in [-0.05, 0) is 73.0 Å². The summed E-state index contributed by atoms with van der Waals surface area (Å²) in [4.78, 5) is 69.8. The second kappa shape index (κ2) is 18.3. The van der Waals surface area contributed by atoms with Crippen molar-refractivity contribution in [2.75, 3.05) is 0 Å². The molecule has 1 radical (unpaired) electrons. The van der Waals surface area contributed by atoms with E-state index in [1.807, 2.05) is 0 Å². The maximum absolute atomic E-state index is 11.8. The van der Waals surface area contributed by atoms with Gasteiger partial charge < -0.3 is 46.0 Å². The van der Waals surface area contributed by atoms with Crippen LogP contribution in [0.5, 0.6) is 0 Å². The van der Waals surface area contributed by atoms with Crippen LogP contribution >= 0.6 is 0 Å². The number of aliphatic carboxylic acids is 6. The number of carboxylic acid groups (broad SMARTS) is 6. The van der Waals surface area contributed by atoms with Crippen LogP contribution in [0.4, 0.5) is 0 Å². The topological polar surface area (TPSA) is 284 Å². The Hall–Kier alpha value is -2.98. The minimum absolute atomic E-state index is 0. The molecule has 349 valence electrons. The molecule has 0 saturated heterocycles. The van der Waals surface area contributed by atoms with E-state index in [1.54, 1.807) is 104 Å². The number of carboxylic acids is 6. The zero-order valence-electron chi connectivity index (χ0n) is 39.2. The van der Waals surface area contributed by atoms with Gasteiger partial charge in [-0.1, -0.05) is 104 Å². The van der Waals surface area contributed by atoms with Gasteiger partial charge in [-0.25, -0.2) is 0 Å². The predicted octanol–water partition coefficient (Wildman–Crippen LogP) is 9.20. The molecule has 3 rings (SSSR count). The van der Waals surface area contributed by atoms with E-state index < -0.39 is 102 Å². The smallest absolute Gasteiger partial charge is 0.314 e. The quantitative estimate of drug-likeness (QED) is 0.112. The van der Waals surface area contributed by atoms with Crippen molar-refractivity contribution in [3.05, 3.63) is 34.0 Å². The molecule has 6 atom stereocenters. The maximum atomic E-state index is 11.8. The van der Waals surface area contributed by atoms with Crippen LogP contribution in [0.3, 0.4) is 0 Å². The van der Waals surface area contributed by atoms with Crippen molar-refractivity contribution in [3.63, 3.8) is 0 Å². The van der Waals surface area contributed by atoms with Gasteiger partial charge >= 0.3 is 35.8 Å². The second-order valence-corrected chi connectivity index (χ2v) is 22.0. The van der Waals surface area contributed by atoms with Gasteiger partial charge in [0.25, 0.3) is 0 Å². The Bertz CT molecular complexity index is 1660. The summed E-state index contributed by atoms with van der Waals surface area (Å²) in [5, 5.41) is 88.3. The minimum Gasteiger partial charge on any atom is -0.512 e. The summed E-state index contributed by atoms with van der Waals surface area (Å²) in [6.45, 7) is 30.4. The molecule has 0 aliphatic heterocycles. The fraction of sp³-hybridized carbons (Fsp3) is 0.733. The van der Waals surface area contributed by atoms with Crippen molar-refractivity contribution in [1.29, 1.82) is 0 Å². The Balaban J connectivity index is 0.000000878. The fourth-order valence-corrected chi connectivity index (χ4v) is 8.96. The first-order valence-electron chi connectivity index (χ1n) is 20.0. The van der Waals surface area contributed by atoms with Gasteiger partial charge in [0.05, 0.1) is 51.3 Å². The molecule has 0 aromatic rings. The molecule has 61 heavy (non-hydrogen) atoms. The molecule has 0 aromatic heterocycles. The van der Waals surface area contributed by atoms with Crippen LogP contribution in [0.1, 0.15) is 144 Å². The van der Waals surface area contributed by atoms with Crippen molar-refractivity contribution in [3.8, 4) is 0 Å². The SMILES string of the molecule is CC(C)(C)C(O)=C1CC(C(=O)O)C(C)(C)C1(C)C(=O)O.CC(C)(C)C(O)=C1CC(C(=O)O)C(C)(C)C1(C)C(=O)O.CC(C)(C)C(O)=C1CC(C(=O)O)C(C)(C)C1(C)C(=O)O.[Eu]. The number of hydrogen-bond acceptors (Lipinski definition) is 9. The molecule has 3 aliphatic carbocycles. The number of hydrogen-bond donors (Lipinski definition) is 9. The summed E-state index contributed by atoms with van der Waals surface area (Å²) in [5.41, 5.74) is -8.01. The molecule has 6 unspecified atom stereocenters. The Labute approximate surface area is 401 Å². The number of allylic oxidation sites excluding steroid dienone is 3. The summed E-state index contributed by atoms with van der Waals surface area (Å²) in [6.07, 6.45) is 0.191. The number of aliphatic hydroxyl groups excluding tert-OH is 3. The van der Waals surface area contributed by atoms with E-state index >= 15 is 0 Å². The monoisotopic (exact) mass is 1010 g/mol. The van der Waals surface area contributed by atoms with Gasteiger partial charge in [0.15, 0.2) is 0 Å². The molecule has 3 saturated carbocycles. The Morgan fingerprint density at radius 1 is 0.377 bits per heavy atom. The molecule has 0 aromatic carbocycles. The van der Waals surface area contributed by atoms with Gasteiger partial charge in [-0.2, -0.15) is 0 Å². The summed E-state index contributed by atoms with van der Waals surface area (Å²) >= 11 is 0. The number of carbonyl (C=O) groups is 6. The van der Waals surface area contributed by atoms with E-state index in [4.69, 9.17) is 0 Å². The standard InChI is InChI=1S/3C15H24O5.Eu/c3*1-13(2,3)10(16)8-7-9(11(17)18)14(4,5)15(8,6)12(19)20;/h3*9,16H,7H2,1-6H3,(H,17,18)(H,19,20);. The van der Waals surface area contributed by atoms with Crippen molar-refractivity contribution < 1.29 is 124 Å². The van der Waals surface area contributed by atoms with E-state index in [-0.39, 0.29) is 85.9 Å². The molecular weight excluding hydrogens is 932 g/mol. The van der Waals surface area contributed by atoms with Crippen LogP contribution in [-0.2, 0) is 28.8 Å². The van der Waals surface area contributed by atoms with Crippen LogP contribution < -0.4 is 0 Å². The Morgan fingerprint density at radius 2 is 0.525 bits per heavy atom. The van der Waals surface area contributed by atoms with Gasteiger partial charge in [-0.15, -0.1) is 0 Å². The minimum atomic E-state index is -1.40. The molecule has 0 amide bonds. The molecule has 0 heterocycles. The molecule has 9 N–H and O–H groups in total. The van der Waals surface area contributed by atoms with Crippen molar-refractivity contribution >= 4 is 35.8 Å². The number of aliphatic hydroxyl groups is 3. The van der Waals surface area contributed by atoms with Crippen LogP contribution in [0, 0.1) is 116 Å². The molecule has 3 fully saturated rings. The van der Waals surface area contributed by atoms with Gasteiger partial charge in [0, 0.05) is 65.6 Å². The summed E-state index contributed by atoms with van der Waals surface area (Å²) < 4.78 is 0. The van der Waals surface area contributed by atoms with Gasteiger partial charge in [-0.3, -0.25) is 28.8 Å². The fourth-order valence-electron chi connectivity index (χ4n) is 8.96. The van der Waals surface area contributed by atoms with Crippen molar-refractivity contribution in [2.45, 2.75) is 144 Å². The Morgan fingerprint density at radius 3 is 0.623 bits per heavy atom. The largest absolute Gasteiger partial charge is 0.512 e. The predicted molar refractivity (Wildman–Crippen MR) is 223 cm³/mol. The molecule has 15 nitrogen and oxygen atoms in total. The van der Waals surface area contributed by atoms with E-state index in [2.05, 4.69) is 0 Å². The van der Waals surface area contributed by atoms with E-state index in [0.29, 0.717) is 16.7 Å². The summed E-state index contributed by atoms with van der Waals surface area (Å²) in [7, 11) is 0. The third-order valence-corrected chi connectivity index (χ3v) is 14.7. The van der Waals surface area contributed by atoms with Gasteiger partial charge in [0.2, 0.25) is 0 Å². The van der Waals surface area contributed by atoms with Gasteiger partial charge in [0.1, 0.15) is 0 Å². The molecule has 0 spiro atoms. The third-order valence-electron chi connectivity index (χ3n) is 14.7.